The van der Waals surface area contributed by atoms with E-state index in [9.17, 15) is 4.79 Å². The molecule has 29 heavy (non-hydrogen) atoms. The first-order chi connectivity index (χ1) is 14.0. The summed E-state index contributed by atoms with van der Waals surface area (Å²) in [7, 11) is 4.62. The Morgan fingerprint density at radius 3 is 2.34 bits per heavy atom. The highest BCUT2D eigenvalue weighted by Crippen LogP contribution is 2.37. The summed E-state index contributed by atoms with van der Waals surface area (Å²) in [5.74, 6) is 1.17. The van der Waals surface area contributed by atoms with E-state index in [4.69, 9.17) is 14.2 Å². The first kappa shape index (κ1) is 20.1. The summed E-state index contributed by atoms with van der Waals surface area (Å²) < 4.78 is 15.9. The van der Waals surface area contributed by atoms with Gasteiger partial charge in [0.2, 0.25) is 5.75 Å². The number of para-hydroxylation sites is 1. The molecule has 0 atom stereocenters. The normalized spacial score (nSPS) is 10.9. The number of aromatic nitrogens is 1. The van der Waals surface area contributed by atoms with Gasteiger partial charge in [-0.3, -0.25) is 9.78 Å². The lowest BCUT2D eigenvalue weighted by atomic mass is 10.1. The average molecular weight is 393 g/mol. The van der Waals surface area contributed by atoms with E-state index < -0.39 is 0 Å². The van der Waals surface area contributed by atoms with Crippen molar-refractivity contribution in [3.8, 4) is 17.2 Å². The van der Waals surface area contributed by atoms with Gasteiger partial charge >= 0.3 is 0 Å². The minimum absolute atomic E-state index is 0.331. The molecule has 0 aliphatic rings. The SMILES string of the molecule is COc1cc(/C=N/NC(=O)c2cc3cccc(C)c3nc2C)cc(OC)c1OC. The number of ether oxygens (including phenoxy) is 3. The molecule has 1 heterocycles. The van der Waals surface area contributed by atoms with Crippen molar-refractivity contribution in [3.05, 3.63) is 58.8 Å². The van der Waals surface area contributed by atoms with Crippen LogP contribution in [-0.2, 0) is 0 Å². The molecule has 1 N–H and O–H groups in total. The van der Waals surface area contributed by atoms with Crippen LogP contribution in [0, 0.1) is 13.8 Å². The Kier molecular flexibility index (Phi) is 5.97. The molecule has 3 rings (SSSR count). The summed E-state index contributed by atoms with van der Waals surface area (Å²) in [6, 6.07) is 11.2. The minimum atomic E-state index is -0.331. The number of methoxy groups -OCH3 is 3. The van der Waals surface area contributed by atoms with Crippen LogP contribution in [0.1, 0.15) is 27.2 Å². The topological polar surface area (TPSA) is 82.0 Å². The van der Waals surface area contributed by atoms with Crippen molar-refractivity contribution in [2.45, 2.75) is 13.8 Å². The zero-order chi connectivity index (χ0) is 21.0. The van der Waals surface area contributed by atoms with Crippen molar-refractivity contribution in [1.29, 1.82) is 0 Å². The van der Waals surface area contributed by atoms with E-state index in [1.54, 1.807) is 12.1 Å². The van der Waals surface area contributed by atoms with Crippen LogP contribution in [-0.4, -0.2) is 38.4 Å². The molecule has 3 aromatic rings. The Balaban J connectivity index is 1.83. The summed E-state index contributed by atoms with van der Waals surface area (Å²) >= 11 is 0. The molecule has 0 aliphatic heterocycles. The molecule has 7 heteroatoms. The van der Waals surface area contributed by atoms with E-state index in [1.807, 2.05) is 38.1 Å². The van der Waals surface area contributed by atoms with E-state index in [2.05, 4.69) is 15.5 Å². The van der Waals surface area contributed by atoms with Gasteiger partial charge in [0.05, 0.1) is 44.3 Å². The molecule has 0 spiro atoms. The van der Waals surface area contributed by atoms with E-state index in [0.717, 1.165) is 16.5 Å². The van der Waals surface area contributed by atoms with Crippen LogP contribution in [0.5, 0.6) is 17.2 Å². The molecule has 150 valence electrons. The van der Waals surface area contributed by atoms with Crippen molar-refractivity contribution >= 4 is 23.0 Å². The molecule has 0 bridgehead atoms. The Morgan fingerprint density at radius 1 is 1.03 bits per heavy atom. The maximum atomic E-state index is 12.6. The second kappa shape index (κ2) is 8.60. The molecular weight excluding hydrogens is 370 g/mol. The Bertz CT molecular complexity index is 1070. The largest absolute Gasteiger partial charge is 0.493 e. The number of amides is 1. The monoisotopic (exact) mass is 393 g/mol. The van der Waals surface area contributed by atoms with Crippen molar-refractivity contribution in [2.75, 3.05) is 21.3 Å². The summed E-state index contributed by atoms with van der Waals surface area (Å²) in [6.07, 6.45) is 1.51. The lowest BCUT2D eigenvalue weighted by molar-refractivity contribution is 0.0954. The number of hydrogen-bond acceptors (Lipinski definition) is 6. The van der Waals surface area contributed by atoms with Crippen LogP contribution in [0.2, 0.25) is 0 Å². The first-order valence-electron chi connectivity index (χ1n) is 8.99. The van der Waals surface area contributed by atoms with Crippen molar-refractivity contribution in [2.24, 2.45) is 5.10 Å². The van der Waals surface area contributed by atoms with Crippen LogP contribution < -0.4 is 19.6 Å². The molecule has 7 nitrogen and oxygen atoms in total. The summed E-state index contributed by atoms with van der Waals surface area (Å²) in [6.45, 7) is 3.81. The van der Waals surface area contributed by atoms with Gasteiger partial charge in [-0.15, -0.1) is 0 Å². The fourth-order valence-electron chi connectivity index (χ4n) is 3.07. The van der Waals surface area contributed by atoms with Crippen LogP contribution in [0.25, 0.3) is 10.9 Å². The fourth-order valence-corrected chi connectivity index (χ4v) is 3.07. The van der Waals surface area contributed by atoms with E-state index in [1.165, 1.54) is 27.5 Å². The van der Waals surface area contributed by atoms with Gasteiger partial charge in [0.25, 0.3) is 5.91 Å². The van der Waals surface area contributed by atoms with Crippen LogP contribution in [0.3, 0.4) is 0 Å². The zero-order valence-electron chi connectivity index (χ0n) is 17.1. The van der Waals surface area contributed by atoms with Crippen LogP contribution >= 0.6 is 0 Å². The standard InChI is InChI=1S/C22H23N3O4/c1-13-7-6-8-16-11-17(14(2)24-20(13)16)22(26)25-23-12-15-9-18(27-3)21(29-5)19(10-15)28-4/h6-12H,1-5H3,(H,25,26)/b23-12+. The third kappa shape index (κ3) is 4.13. The number of nitrogens with one attached hydrogen (secondary N) is 1. The zero-order valence-corrected chi connectivity index (χ0v) is 17.1. The van der Waals surface area contributed by atoms with Gasteiger partial charge in [0.15, 0.2) is 11.5 Å². The van der Waals surface area contributed by atoms with Crippen LogP contribution in [0.15, 0.2) is 41.5 Å². The molecule has 0 saturated carbocycles. The maximum Gasteiger partial charge on any atom is 0.273 e. The number of rotatable bonds is 6. The predicted octanol–water partition coefficient (Wildman–Crippen LogP) is 3.64. The van der Waals surface area contributed by atoms with E-state index >= 15 is 0 Å². The number of nitrogens with zero attached hydrogens (tertiary/aromatic N) is 2. The molecule has 0 unspecified atom stereocenters. The summed E-state index contributed by atoms with van der Waals surface area (Å²) in [5, 5.41) is 4.97. The Labute approximate surface area is 169 Å². The number of benzene rings is 2. The molecular formula is C22H23N3O4. The third-order valence-corrected chi connectivity index (χ3v) is 4.55. The van der Waals surface area contributed by atoms with Gasteiger partial charge in [0, 0.05) is 10.9 Å². The first-order valence-corrected chi connectivity index (χ1v) is 8.99. The molecule has 0 fully saturated rings. The van der Waals surface area contributed by atoms with Gasteiger partial charge in [-0.1, -0.05) is 18.2 Å². The van der Waals surface area contributed by atoms with Gasteiger partial charge < -0.3 is 14.2 Å². The van der Waals surface area contributed by atoms with Gasteiger partial charge in [-0.25, -0.2) is 5.43 Å². The molecule has 1 amide bonds. The molecule has 2 aromatic carbocycles. The highest BCUT2D eigenvalue weighted by molar-refractivity contribution is 5.99. The number of hydrazone groups is 1. The Morgan fingerprint density at radius 2 is 1.72 bits per heavy atom. The highest BCUT2D eigenvalue weighted by atomic mass is 16.5. The van der Waals surface area contributed by atoms with Gasteiger partial charge in [-0.05, 0) is 37.6 Å². The minimum Gasteiger partial charge on any atom is -0.493 e. The highest BCUT2D eigenvalue weighted by Gasteiger charge is 2.14. The lowest BCUT2D eigenvalue weighted by Gasteiger charge is -2.12. The number of aryl methyl sites for hydroxylation is 2. The smallest absolute Gasteiger partial charge is 0.273 e. The summed E-state index contributed by atoms with van der Waals surface area (Å²) in [4.78, 5) is 17.2. The van der Waals surface area contributed by atoms with Gasteiger partial charge in [0.1, 0.15) is 0 Å². The molecule has 0 aliphatic carbocycles. The third-order valence-electron chi connectivity index (χ3n) is 4.55. The molecule has 1 aromatic heterocycles. The number of fused-ring (bicyclic) bond motifs is 1. The van der Waals surface area contributed by atoms with Gasteiger partial charge in [-0.2, -0.15) is 5.10 Å². The van der Waals surface area contributed by atoms with Crippen LogP contribution in [0.4, 0.5) is 0 Å². The van der Waals surface area contributed by atoms with E-state index in [-0.39, 0.29) is 5.91 Å². The number of carbonyl (C=O) groups excluding carboxylic acids is 1. The number of carbonyl (C=O) groups is 1. The fraction of sp³-hybridized carbons (Fsp3) is 0.227. The van der Waals surface area contributed by atoms with Crippen molar-refractivity contribution in [3.63, 3.8) is 0 Å². The second-order valence-corrected chi connectivity index (χ2v) is 6.43. The molecule has 0 radical (unpaired) electrons. The maximum absolute atomic E-state index is 12.6. The summed E-state index contributed by atoms with van der Waals surface area (Å²) in [5.41, 5.74) is 6.31. The lowest BCUT2D eigenvalue weighted by Crippen LogP contribution is -2.19. The number of pyridine rings is 1. The van der Waals surface area contributed by atoms with Crippen molar-refractivity contribution < 1.29 is 19.0 Å². The number of hydrogen-bond donors (Lipinski definition) is 1. The second-order valence-electron chi connectivity index (χ2n) is 6.43. The van der Waals surface area contributed by atoms with Crippen molar-refractivity contribution in [1.82, 2.24) is 10.4 Å². The molecule has 0 saturated heterocycles. The van der Waals surface area contributed by atoms with E-state index in [0.29, 0.717) is 34.1 Å². The predicted molar refractivity (Wildman–Crippen MR) is 112 cm³/mol. The Hall–Kier alpha value is -3.61. The quantitative estimate of drug-likeness (QED) is 0.511. The average Bonchev–Trinajstić information content (AvgIpc) is 2.73.